The Kier molecular flexibility index (Phi) is 3.88. The number of hydrogen-bond acceptors (Lipinski definition) is 3. The van der Waals surface area contributed by atoms with Gasteiger partial charge in [-0.15, -0.1) is 0 Å². The minimum Gasteiger partial charge on any atom is -0.480 e. The van der Waals surface area contributed by atoms with Crippen molar-refractivity contribution >= 4 is 12.1 Å². The van der Waals surface area contributed by atoms with Gasteiger partial charge in [-0.1, -0.05) is 18.2 Å². The number of amides is 1. The molecule has 86 valence electrons. The van der Waals surface area contributed by atoms with Crippen LogP contribution >= 0.6 is 0 Å². The van der Waals surface area contributed by atoms with E-state index in [4.69, 9.17) is 9.84 Å². The molecule has 1 unspecified atom stereocenters. The van der Waals surface area contributed by atoms with Crippen LogP contribution < -0.4 is 10.1 Å². The average molecular weight is 223 g/mol. The number of nitrogens with one attached hydrogen (secondary N) is 1. The largest absolute Gasteiger partial charge is 0.480 e. The van der Waals surface area contributed by atoms with Gasteiger partial charge >= 0.3 is 12.1 Å². The standard InChI is InChI=1S/C11H13NO4/c1-7-5-3-4-6-9(7)16-11(15)12-8(2)10(13)14/h3-6,8H,1-2H3,(H,12,15)(H,13,14). The number of carbonyl (C=O) groups is 2. The van der Waals surface area contributed by atoms with Crippen LogP contribution in [0.4, 0.5) is 4.79 Å². The maximum absolute atomic E-state index is 11.3. The van der Waals surface area contributed by atoms with Crippen LogP contribution in [0.2, 0.25) is 0 Å². The molecule has 0 saturated heterocycles. The molecule has 0 aliphatic carbocycles. The minimum absolute atomic E-state index is 0.414. The Balaban J connectivity index is 2.59. The SMILES string of the molecule is Cc1ccccc1OC(=O)NC(C)C(=O)O. The first kappa shape index (κ1) is 12.0. The molecule has 0 spiro atoms. The van der Waals surface area contributed by atoms with Gasteiger partial charge in [0, 0.05) is 0 Å². The van der Waals surface area contributed by atoms with Crippen LogP contribution in [0.5, 0.6) is 5.75 Å². The van der Waals surface area contributed by atoms with Crippen molar-refractivity contribution in [3.8, 4) is 5.75 Å². The fourth-order valence-electron chi connectivity index (χ4n) is 1.04. The second-order valence-corrected chi connectivity index (χ2v) is 3.36. The minimum atomic E-state index is -1.11. The van der Waals surface area contributed by atoms with E-state index in [0.29, 0.717) is 5.75 Å². The highest BCUT2D eigenvalue weighted by atomic mass is 16.6. The van der Waals surface area contributed by atoms with E-state index in [1.54, 1.807) is 25.1 Å². The molecule has 2 N–H and O–H groups in total. The van der Waals surface area contributed by atoms with Crippen molar-refractivity contribution in [2.75, 3.05) is 0 Å². The smallest absolute Gasteiger partial charge is 0.413 e. The van der Waals surface area contributed by atoms with E-state index in [-0.39, 0.29) is 0 Å². The molecule has 16 heavy (non-hydrogen) atoms. The van der Waals surface area contributed by atoms with E-state index in [1.165, 1.54) is 6.92 Å². The Morgan fingerprint density at radius 3 is 2.56 bits per heavy atom. The number of carboxylic acids is 1. The monoisotopic (exact) mass is 223 g/mol. The summed E-state index contributed by atoms with van der Waals surface area (Å²) in [6.07, 6.45) is -0.774. The molecule has 1 atom stereocenters. The lowest BCUT2D eigenvalue weighted by Gasteiger charge is -2.10. The third-order valence-corrected chi connectivity index (χ3v) is 2.00. The second-order valence-electron chi connectivity index (χ2n) is 3.36. The summed E-state index contributed by atoms with van der Waals surface area (Å²) < 4.78 is 4.95. The summed E-state index contributed by atoms with van der Waals surface area (Å²) in [6.45, 7) is 3.16. The molecule has 0 radical (unpaired) electrons. The molecular weight excluding hydrogens is 210 g/mol. The molecule has 0 bridgehead atoms. The van der Waals surface area contributed by atoms with Gasteiger partial charge in [0.2, 0.25) is 0 Å². The van der Waals surface area contributed by atoms with E-state index in [0.717, 1.165) is 5.56 Å². The number of para-hydroxylation sites is 1. The Hall–Kier alpha value is -2.04. The number of aliphatic carboxylic acids is 1. The normalized spacial score (nSPS) is 11.6. The quantitative estimate of drug-likeness (QED) is 0.815. The molecule has 0 aliphatic heterocycles. The molecule has 1 aromatic rings. The third-order valence-electron chi connectivity index (χ3n) is 2.00. The Bertz CT molecular complexity index is 403. The number of rotatable bonds is 3. The van der Waals surface area contributed by atoms with E-state index in [1.807, 2.05) is 6.07 Å². The summed E-state index contributed by atoms with van der Waals surface area (Å²) in [4.78, 5) is 21.8. The number of ether oxygens (including phenoxy) is 1. The van der Waals surface area contributed by atoms with Crippen molar-refractivity contribution in [1.82, 2.24) is 5.32 Å². The first-order valence-corrected chi connectivity index (χ1v) is 4.77. The maximum atomic E-state index is 11.3. The topological polar surface area (TPSA) is 75.6 Å². The Labute approximate surface area is 93.0 Å². The van der Waals surface area contributed by atoms with E-state index in [9.17, 15) is 9.59 Å². The van der Waals surface area contributed by atoms with Crippen molar-refractivity contribution in [2.45, 2.75) is 19.9 Å². The van der Waals surface area contributed by atoms with Crippen LogP contribution in [-0.4, -0.2) is 23.2 Å². The highest BCUT2D eigenvalue weighted by Crippen LogP contribution is 2.16. The fourth-order valence-corrected chi connectivity index (χ4v) is 1.04. The van der Waals surface area contributed by atoms with Gasteiger partial charge < -0.3 is 15.2 Å². The van der Waals surface area contributed by atoms with Crippen LogP contribution in [0.15, 0.2) is 24.3 Å². The van der Waals surface area contributed by atoms with E-state index in [2.05, 4.69) is 5.32 Å². The van der Waals surface area contributed by atoms with Gasteiger partial charge in [0.1, 0.15) is 11.8 Å². The zero-order valence-electron chi connectivity index (χ0n) is 9.06. The van der Waals surface area contributed by atoms with Crippen LogP contribution in [0.25, 0.3) is 0 Å². The van der Waals surface area contributed by atoms with E-state index < -0.39 is 18.1 Å². The van der Waals surface area contributed by atoms with Gasteiger partial charge in [0.15, 0.2) is 0 Å². The Morgan fingerprint density at radius 2 is 2.00 bits per heavy atom. The van der Waals surface area contributed by atoms with Gasteiger partial charge in [-0.05, 0) is 25.5 Å². The van der Waals surface area contributed by atoms with Crippen molar-refractivity contribution in [3.05, 3.63) is 29.8 Å². The first-order chi connectivity index (χ1) is 7.50. The molecule has 1 aromatic carbocycles. The summed E-state index contributed by atoms with van der Waals surface area (Å²) in [5.41, 5.74) is 0.806. The van der Waals surface area contributed by atoms with Gasteiger partial charge in [-0.25, -0.2) is 4.79 Å². The average Bonchev–Trinajstić information content (AvgIpc) is 2.21. The summed E-state index contributed by atoms with van der Waals surface area (Å²) >= 11 is 0. The molecule has 5 heteroatoms. The van der Waals surface area contributed by atoms with Crippen LogP contribution in [-0.2, 0) is 4.79 Å². The molecule has 0 heterocycles. The lowest BCUT2D eigenvalue weighted by Crippen LogP contribution is -2.40. The predicted molar refractivity (Wildman–Crippen MR) is 57.4 cm³/mol. The zero-order valence-corrected chi connectivity index (χ0v) is 9.06. The van der Waals surface area contributed by atoms with Crippen molar-refractivity contribution < 1.29 is 19.4 Å². The van der Waals surface area contributed by atoms with Gasteiger partial charge in [-0.3, -0.25) is 4.79 Å². The first-order valence-electron chi connectivity index (χ1n) is 4.77. The lowest BCUT2D eigenvalue weighted by atomic mass is 10.2. The number of hydrogen-bond donors (Lipinski definition) is 2. The number of aryl methyl sites for hydroxylation is 1. The van der Waals surface area contributed by atoms with E-state index >= 15 is 0 Å². The van der Waals surface area contributed by atoms with Crippen LogP contribution in [0.1, 0.15) is 12.5 Å². The number of carboxylic acid groups (broad SMARTS) is 1. The molecule has 1 amide bonds. The highest BCUT2D eigenvalue weighted by Gasteiger charge is 2.15. The van der Waals surface area contributed by atoms with Gasteiger partial charge in [-0.2, -0.15) is 0 Å². The van der Waals surface area contributed by atoms with Crippen LogP contribution in [0, 0.1) is 6.92 Å². The molecule has 1 rings (SSSR count). The second kappa shape index (κ2) is 5.16. The zero-order chi connectivity index (χ0) is 12.1. The fraction of sp³-hybridized carbons (Fsp3) is 0.273. The Morgan fingerprint density at radius 1 is 1.38 bits per heavy atom. The summed E-state index contributed by atoms with van der Waals surface area (Å²) in [5.74, 6) is -0.695. The van der Waals surface area contributed by atoms with Crippen molar-refractivity contribution in [1.29, 1.82) is 0 Å². The molecule has 0 saturated carbocycles. The molecular formula is C11H13NO4. The third kappa shape index (κ3) is 3.27. The molecule has 0 aromatic heterocycles. The summed E-state index contributed by atoms with van der Waals surface area (Å²) in [5, 5.41) is 10.8. The van der Waals surface area contributed by atoms with Gasteiger partial charge in [0.05, 0.1) is 0 Å². The number of benzene rings is 1. The molecule has 0 fully saturated rings. The van der Waals surface area contributed by atoms with Crippen molar-refractivity contribution in [3.63, 3.8) is 0 Å². The molecule has 0 aliphatic rings. The maximum Gasteiger partial charge on any atom is 0.413 e. The summed E-state index contributed by atoms with van der Waals surface area (Å²) in [7, 11) is 0. The highest BCUT2D eigenvalue weighted by molar-refractivity contribution is 5.80. The van der Waals surface area contributed by atoms with Crippen molar-refractivity contribution in [2.24, 2.45) is 0 Å². The van der Waals surface area contributed by atoms with Gasteiger partial charge in [0.25, 0.3) is 0 Å². The number of carbonyl (C=O) groups excluding carboxylic acids is 1. The molecule has 5 nitrogen and oxygen atoms in total. The lowest BCUT2D eigenvalue weighted by molar-refractivity contribution is -0.138. The summed E-state index contributed by atoms with van der Waals surface area (Å²) in [6, 6.07) is 6.01. The van der Waals surface area contributed by atoms with Crippen LogP contribution in [0.3, 0.4) is 0 Å². The predicted octanol–water partition coefficient (Wildman–Crippen LogP) is 1.56.